The van der Waals surface area contributed by atoms with Gasteiger partial charge in [0.05, 0.1) is 33.2 Å². The van der Waals surface area contributed by atoms with Crippen molar-refractivity contribution in [3.05, 3.63) is 75.3 Å². The van der Waals surface area contributed by atoms with Crippen LogP contribution in [0, 0.1) is 11.6 Å². The molecule has 0 radical (unpaired) electrons. The molecule has 2 aromatic carbocycles. The number of rotatable bonds is 6. The number of hydrogen-bond donors (Lipinski definition) is 2. The molecule has 0 saturated carbocycles. The first-order valence-corrected chi connectivity index (χ1v) is 11.4. The van der Waals surface area contributed by atoms with Gasteiger partial charge >= 0.3 is 0 Å². The number of thiazole rings is 1. The van der Waals surface area contributed by atoms with Gasteiger partial charge in [-0.05, 0) is 35.7 Å². The molecule has 0 atom stereocenters. The highest BCUT2D eigenvalue weighted by atomic mass is 35.5. The van der Waals surface area contributed by atoms with Crippen LogP contribution in [0.5, 0.6) is 0 Å². The predicted octanol–water partition coefficient (Wildman–Crippen LogP) is 5.14. The van der Waals surface area contributed by atoms with Crippen molar-refractivity contribution in [2.45, 2.75) is 17.2 Å². The van der Waals surface area contributed by atoms with Gasteiger partial charge in [-0.25, -0.2) is 22.2 Å². The number of H-pyrrole nitrogens is 1. The zero-order valence-electron chi connectivity index (χ0n) is 14.7. The van der Waals surface area contributed by atoms with Crippen LogP contribution in [0.4, 0.5) is 14.5 Å². The van der Waals surface area contributed by atoms with Crippen LogP contribution in [0.25, 0.3) is 10.9 Å². The molecule has 2 aromatic heterocycles. The van der Waals surface area contributed by atoms with E-state index in [1.54, 1.807) is 17.6 Å². The van der Waals surface area contributed by atoms with Gasteiger partial charge in [0.25, 0.3) is 0 Å². The molecule has 0 aliphatic rings. The molecule has 29 heavy (non-hydrogen) atoms. The van der Waals surface area contributed by atoms with E-state index in [1.165, 1.54) is 22.9 Å². The second-order valence-corrected chi connectivity index (χ2v) is 9.41. The summed E-state index contributed by atoms with van der Waals surface area (Å²) in [4.78, 5) is 6.39. The number of fused-ring (bicyclic) bond motifs is 1. The summed E-state index contributed by atoms with van der Waals surface area (Å²) in [6.07, 6.45) is 1.70. The van der Waals surface area contributed by atoms with Gasteiger partial charge in [0.1, 0.15) is 16.5 Å². The fourth-order valence-electron chi connectivity index (χ4n) is 3.00. The zero-order chi connectivity index (χ0) is 20.6. The number of anilines is 1. The highest BCUT2D eigenvalue weighted by Crippen LogP contribution is 2.31. The van der Waals surface area contributed by atoms with E-state index in [2.05, 4.69) is 15.3 Å². The molecule has 2 heterocycles. The summed E-state index contributed by atoms with van der Waals surface area (Å²) < 4.78 is 53.8. The molecule has 0 aliphatic heterocycles. The van der Waals surface area contributed by atoms with Crippen LogP contribution < -0.4 is 5.32 Å². The van der Waals surface area contributed by atoms with Gasteiger partial charge in [0, 0.05) is 23.7 Å². The Morgan fingerprint density at radius 3 is 2.76 bits per heavy atom. The molecule has 0 fully saturated rings. The van der Waals surface area contributed by atoms with Crippen molar-refractivity contribution in [3.8, 4) is 0 Å². The molecule has 4 aromatic rings. The largest absolute Gasteiger partial charge is 0.379 e. The molecule has 5 nitrogen and oxygen atoms in total. The first-order valence-electron chi connectivity index (χ1n) is 8.42. The predicted molar refractivity (Wildman–Crippen MR) is 110 cm³/mol. The second kappa shape index (κ2) is 7.74. The highest BCUT2D eigenvalue weighted by Gasteiger charge is 2.23. The Morgan fingerprint density at radius 2 is 2.00 bits per heavy atom. The summed E-state index contributed by atoms with van der Waals surface area (Å²) in [7, 11) is -3.96. The molecule has 0 bridgehead atoms. The number of nitrogens with one attached hydrogen (secondary N) is 2. The quantitative estimate of drug-likeness (QED) is 0.424. The number of aromatic nitrogens is 2. The average molecular weight is 454 g/mol. The minimum atomic E-state index is -3.96. The molecule has 150 valence electrons. The molecular weight excluding hydrogens is 440 g/mol. The van der Waals surface area contributed by atoms with Gasteiger partial charge in [0.15, 0.2) is 9.84 Å². The Hall–Kier alpha value is -2.49. The lowest BCUT2D eigenvalue weighted by molar-refractivity contribution is 0.566. The van der Waals surface area contributed by atoms with E-state index in [0.717, 1.165) is 17.5 Å². The van der Waals surface area contributed by atoms with Crippen molar-refractivity contribution >= 4 is 49.4 Å². The van der Waals surface area contributed by atoms with Gasteiger partial charge < -0.3 is 10.3 Å². The maximum atomic E-state index is 14.6. The van der Waals surface area contributed by atoms with Crippen molar-refractivity contribution in [2.75, 3.05) is 5.32 Å². The summed E-state index contributed by atoms with van der Waals surface area (Å²) in [6, 6.07) is 6.88. The average Bonchev–Trinajstić information content (AvgIpc) is 3.34. The number of aromatic amines is 1. The van der Waals surface area contributed by atoms with Crippen molar-refractivity contribution in [1.82, 2.24) is 9.97 Å². The van der Waals surface area contributed by atoms with Crippen LogP contribution in [-0.2, 0) is 22.1 Å². The van der Waals surface area contributed by atoms with Gasteiger partial charge in [-0.3, -0.25) is 0 Å². The third-order valence-corrected chi connectivity index (χ3v) is 7.02. The number of hydrogen-bond acceptors (Lipinski definition) is 5. The van der Waals surface area contributed by atoms with Gasteiger partial charge in [-0.1, -0.05) is 11.6 Å². The standard InChI is InChI=1S/C19H14ClF2N3O2S2/c20-14-5-18(29(26,27)9-12-8-28-10-25-12)16(22)6-17(14)24-7-13-15(21)2-1-11-3-4-23-19(11)13/h1-6,8,10,23-24H,7,9H2. The summed E-state index contributed by atoms with van der Waals surface area (Å²) in [6.45, 7) is 0.0355. The topological polar surface area (TPSA) is 74.8 Å². The number of sulfone groups is 1. The van der Waals surface area contributed by atoms with E-state index in [0.29, 0.717) is 16.8 Å². The lowest BCUT2D eigenvalue weighted by Gasteiger charge is -2.13. The highest BCUT2D eigenvalue weighted by molar-refractivity contribution is 7.90. The van der Waals surface area contributed by atoms with E-state index >= 15 is 0 Å². The zero-order valence-corrected chi connectivity index (χ0v) is 17.1. The monoisotopic (exact) mass is 453 g/mol. The Labute approximate surface area is 174 Å². The number of benzene rings is 2. The lowest BCUT2D eigenvalue weighted by Crippen LogP contribution is -2.09. The Balaban J connectivity index is 1.60. The van der Waals surface area contributed by atoms with E-state index in [-0.39, 0.29) is 17.3 Å². The third-order valence-electron chi connectivity index (χ3n) is 4.41. The molecule has 2 N–H and O–H groups in total. The van der Waals surface area contributed by atoms with Gasteiger partial charge in [-0.15, -0.1) is 11.3 Å². The van der Waals surface area contributed by atoms with Crippen molar-refractivity contribution in [2.24, 2.45) is 0 Å². The van der Waals surface area contributed by atoms with Crippen molar-refractivity contribution in [3.63, 3.8) is 0 Å². The van der Waals surface area contributed by atoms with Crippen LogP contribution in [0.1, 0.15) is 11.3 Å². The van der Waals surface area contributed by atoms with Crippen LogP contribution in [0.15, 0.2) is 52.3 Å². The van der Waals surface area contributed by atoms with Crippen LogP contribution >= 0.6 is 22.9 Å². The van der Waals surface area contributed by atoms with Crippen LogP contribution in [0.2, 0.25) is 5.02 Å². The van der Waals surface area contributed by atoms with Gasteiger partial charge in [-0.2, -0.15) is 0 Å². The lowest BCUT2D eigenvalue weighted by atomic mass is 10.1. The Morgan fingerprint density at radius 1 is 1.17 bits per heavy atom. The summed E-state index contributed by atoms with van der Waals surface area (Å²) >= 11 is 7.44. The molecular formula is C19H14ClF2N3O2S2. The first-order chi connectivity index (χ1) is 13.8. The third kappa shape index (κ3) is 3.98. The van der Waals surface area contributed by atoms with E-state index < -0.39 is 32.1 Å². The van der Waals surface area contributed by atoms with E-state index in [9.17, 15) is 17.2 Å². The van der Waals surface area contributed by atoms with Crippen molar-refractivity contribution in [1.29, 1.82) is 0 Å². The normalized spacial score (nSPS) is 11.8. The van der Waals surface area contributed by atoms with Crippen LogP contribution in [-0.4, -0.2) is 18.4 Å². The second-order valence-electron chi connectivity index (χ2n) is 6.32. The SMILES string of the molecule is O=S(=O)(Cc1cscn1)c1cc(Cl)c(NCc2c(F)ccc3cc[nH]c23)cc1F. The van der Waals surface area contributed by atoms with Crippen molar-refractivity contribution < 1.29 is 17.2 Å². The van der Waals surface area contributed by atoms with Crippen LogP contribution in [0.3, 0.4) is 0 Å². The Bertz CT molecular complexity index is 1290. The summed E-state index contributed by atoms with van der Waals surface area (Å²) in [5, 5.41) is 5.32. The molecule has 0 spiro atoms. The summed E-state index contributed by atoms with van der Waals surface area (Å²) in [5.41, 5.74) is 2.99. The maximum Gasteiger partial charge on any atom is 0.187 e. The Kier molecular flexibility index (Phi) is 5.28. The fourth-order valence-corrected chi connectivity index (χ4v) is 5.32. The molecule has 0 amide bonds. The van der Waals surface area contributed by atoms with Gasteiger partial charge in [0.2, 0.25) is 0 Å². The molecule has 4 rings (SSSR count). The number of nitrogens with zero attached hydrogens (tertiary/aromatic N) is 1. The number of halogens is 3. The maximum absolute atomic E-state index is 14.6. The molecule has 0 unspecified atom stereocenters. The fraction of sp³-hybridized carbons (Fsp3) is 0.105. The van der Waals surface area contributed by atoms with E-state index in [1.807, 2.05) is 6.07 Å². The molecule has 0 saturated heterocycles. The minimum absolute atomic E-state index is 0.0160. The first kappa shape index (κ1) is 19.8. The smallest absolute Gasteiger partial charge is 0.187 e. The van der Waals surface area contributed by atoms with E-state index in [4.69, 9.17) is 11.6 Å². The molecule has 10 heteroatoms. The molecule has 0 aliphatic carbocycles. The minimum Gasteiger partial charge on any atom is -0.379 e. The summed E-state index contributed by atoms with van der Waals surface area (Å²) in [5.74, 6) is -1.78.